The first-order valence-corrected chi connectivity index (χ1v) is 7.34. The Bertz CT molecular complexity index is 385. The number of nitrogens with one attached hydrogen (secondary N) is 1. The number of rotatable bonds is 6. The number of benzene rings is 1. The smallest absolute Gasteiger partial charge is 0.0504 e. The minimum atomic E-state index is 0.162. The van der Waals surface area contributed by atoms with Crippen molar-refractivity contribution in [2.24, 2.45) is 0 Å². The van der Waals surface area contributed by atoms with Crippen molar-refractivity contribution >= 4 is 0 Å². The lowest BCUT2D eigenvalue weighted by atomic mass is 9.79. The van der Waals surface area contributed by atoms with Crippen molar-refractivity contribution in [1.82, 2.24) is 10.2 Å². The van der Waals surface area contributed by atoms with Gasteiger partial charge in [-0.25, -0.2) is 0 Å². The molecule has 0 aliphatic rings. The maximum absolute atomic E-state index is 3.56. The lowest BCUT2D eigenvalue weighted by molar-refractivity contribution is 0.0917. The van der Waals surface area contributed by atoms with E-state index in [2.05, 4.69) is 77.3 Å². The van der Waals surface area contributed by atoms with Gasteiger partial charge in [0.05, 0.1) is 6.04 Å². The van der Waals surface area contributed by atoms with E-state index < -0.39 is 0 Å². The molecule has 0 spiro atoms. The summed E-state index contributed by atoms with van der Waals surface area (Å²) in [4.78, 5) is 2.38. The van der Waals surface area contributed by atoms with Gasteiger partial charge in [0.1, 0.15) is 0 Å². The average Bonchev–Trinajstić information content (AvgIpc) is 2.34. The van der Waals surface area contributed by atoms with E-state index in [1.54, 1.807) is 0 Å². The number of hydrogen-bond donors (Lipinski definition) is 1. The highest BCUT2D eigenvalue weighted by atomic mass is 15.2. The van der Waals surface area contributed by atoms with Gasteiger partial charge >= 0.3 is 0 Å². The van der Waals surface area contributed by atoms with Crippen LogP contribution in [-0.2, 0) is 0 Å². The van der Waals surface area contributed by atoms with Crippen LogP contribution in [0.5, 0.6) is 0 Å². The lowest BCUT2D eigenvalue weighted by Crippen LogP contribution is -2.52. The molecule has 0 aromatic heterocycles. The molecule has 19 heavy (non-hydrogen) atoms. The molecule has 1 rings (SSSR count). The molecular weight excluding hydrogens is 232 g/mol. The third-order valence-corrected chi connectivity index (χ3v) is 4.52. The van der Waals surface area contributed by atoms with Gasteiger partial charge in [-0.2, -0.15) is 0 Å². The molecule has 108 valence electrons. The molecule has 0 bridgehead atoms. The summed E-state index contributed by atoms with van der Waals surface area (Å²) in [7, 11) is 6.46. The van der Waals surface area contributed by atoms with Crippen molar-refractivity contribution in [2.45, 2.75) is 52.1 Å². The van der Waals surface area contributed by atoms with Gasteiger partial charge in [-0.1, -0.05) is 43.2 Å². The largest absolute Gasteiger partial charge is 0.311 e. The van der Waals surface area contributed by atoms with Crippen molar-refractivity contribution in [1.29, 1.82) is 0 Å². The van der Waals surface area contributed by atoms with E-state index in [-0.39, 0.29) is 5.54 Å². The Morgan fingerprint density at radius 1 is 1.05 bits per heavy atom. The van der Waals surface area contributed by atoms with Crippen molar-refractivity contribution < 1.29 is 0 Å². The maximum Gasteiger partial charge on any atom is 0.0504 e. The van der Waals surface area contributed by atoms with Crippen LogP contribution in [0.3, 0.4) is 0 Å². The van der Waals surface area contributed by atoms with Gasteiger partial charge < -0.3 is 10.2 Å². The first-order valence-electron chi connectivity index (χ1n) is 7.34. The highest BCUT2D eigenvalue weighted by Crippen LogP contribution is 2.36. The fraction of sp³-hybridized carbons (Fsp3) is 0.647. The maximum atomic E-state index is 3.56. The molecule has 0 aliphatic heterocycles. The van der Waals surface area contributed by atoms with Gasteiger partial charge in [-0.15, -0.1) is 0 Å². The second-order valence-electron chi connectivity index (χ2n) is 5.85. The second kappa shape index (κ2) is 6.53. The van der Waals surface area contributed by atoms with Crippen LogP contribution in [0.25, 0.3) is 0 Å². The third kappa shape index (κ3) is 3.18. The molecule has 0 heterocycles. The highest BCUT2D eigenvalue weighted by molar-refractivity contribution is 5.32. The average molecular weight is 262 g/mol. The zero-order chi connectivity index (χ0) is 14.6. The predicted octanol–water partition coefficient (Wildman–Crippen LogP) is 3.68. The Morgan fingerprint density at radius 2 is 1.53 bits per heavy atom. The van der Waals surface area contributed by atoms with Gasteiger partial charge in [0.2, 0.25) is 0 Å². The van der Waals surface area contributed by atoms with Crippen LogP contribution in [0.15, 0.2) is 18.2 Å². The summed E-state index contributed by atoms with van der Waals surface area (Å²) >= 11 is 0. The summed E-state index contributed by atoms with van der Waals surface area (Å²) in [6, 6.07) is 7.23. The highest BCUT2D eigenvalue weighted by Gasteiger charge is 2.37. The number of aryl methyl sites for hydroxylation is 2. The molecule has 0 saturated heterocycles. The first-order chi connectivity index (χ1) is 8.91. The molecule has 0 amide bonds. The molecule has 0 saturated carbocycles. The molecule has 0 aliphatic carbocycles. The van der Waals surface area contributed by atoms with Crippen LogP contribution in [0, 0.1) is 13.8 Å². The van der Waals surface area contributed by atoms with Crippen LogP contribution in [0.1, 0.15) is 49.4 Å². The minimum Gasteiger partial charge on any atom is -0.311 e. The Hall–Kier alpha value is -0.860. The van der Waals surface area contributed by atoms with E-state index in [1.165, 1.54) is 16.7 Å². The fourth-order valence-electron chi connectivity index (χ4n) is 3.47. The molecular formula is C17H30N2. The third-order valence-electron chi connectivity index (χ3n) is 4.52. The molecule has 0 radical (unpaired) electrons. The zero-order valence-electron chi connectivity index (χ0n) is 13.7. The van der Waals surface area contributed by atoms with Gasteiger partial charge in [0.15, 0.2) is 0 Å². The topological polar surface area (TPSA) is 15.3 Å². The van der Waals surface area contributed by atoms with E-state index in [4.69, 9.17) is 0 Å². The van der Waals surface area contributed by atoms with Crippen molar-refractivity contribution in [3.8, 4) is 0 Å². The quantitative estimate of drug-likeness (QED) is 0.841. The van der Waals surface area contributed by atoms with Crippen molar-refractivity contribution in [3.63, 3.8) is 0 Å². The van der Waals surface area contributed by atoms with Gasteiger partial charge in [-0.3, -0.25) is 0 Å². The van der Waals surface area contributed by atoms with Gasteiger partial charge in [0, 0.05) is 5.54 Å². The number of nitrogens with zero attached hydrogens (tertiary/aromatic N) is 1. The molecule has 1 aromatic rings. The Labute approximate surface area is 119 Å². The molecule has 1 atom stereocenters. The summed E-state index contributed by atoms with van der Waals surface area (Å²) in [5, 5.41) is 3.56. The Morgan fingerprint density at radius 3 is 1.84 bits per heavy atom. The van der Waals surface area contributed by atoms with Gasteiger partial charge in [0.25, 0.3) is 0 Å². The Kier molecular flexibility index (Phi) is 5.57. The summed E-state index contributed by atoms with van der Waals surface area (Å²) in [5.74, 6) is 0. The number of likely N-dealkylation sites (N-methyl/N-ethyl adjacent to an activating group) is 2. The lowest BCUT2D eigenvalue weighted by Gasteiger charge is -2.45. The minimum absolute atomic E-state index is 0.162. The monoisotopic (exact) mass is 262 g/mol. The van der Waals surface area contributed by atoms with E-state index >= 15 is 0 Å². The molecule has 1 N–H and O–H groups in total. The molecule has 0 fully saturated rings. The molecule has 2 nitrogen and oxygen atoms in total. The normalized spacial score (nSPS) is 13.9. The molecule has 1 unspecified atom stereocenters. The van der Waals surface area contributed by atoms with Crippen LogP contribution >= 0.6 is 0 Å². The van der Waals surface area contributed by atoms with Crippen LogP contribution < -0.4 is 5.32 Å². The Balaban J connectivity index is 3.31. The van der Waals surface area contributed by atoms with Gasteiger partial charge in [-0.05, 0) is 53.4 Å². The van der Waals surface area contributed by atoms with Crippen LogP contribution in [0.4, 0.5) is 0 Å². The fourth-order valence-corrected chi connectivity index (χ4v) is 3.47. The van der Waals surface area contributed by atoms with E-state index in [0.717, 1.165) is 12.8 Å². The standard InChI is InChI=1S/C17H30N2/c1-8-17(9-2,19(6)7)16(18-5)15-11-13(3)10-14(4)12-15/h10-12,16,18H,8-9H2,1-7H3. The molecule has 1 aromatic carbocycles. The predicted molar refractivity (Wildman–Crippen MR) is 84.7 cm³/mol. The summed E-state index contributed by atoms with van der Waals surface area (Å²) in [6.45, 7) is 8.93. The first kappa shape index (κ1) is 16.2. The number of hydrogen-bond acceptors (Lipinski definition) is 2. The van der Waals surface area contributed by atoms with E-state index in [0.29, 0.717) is 6.04 Å². The SMILES string of the molecule is CCC(CC)(C(NC)c1cc(C)cc(C)c1)N(C)C. The molecule has 2 heteroatoms. The van der Waals surface area contributed by atoms with Crippen LogP contribution in [-0.4, -0.2) is 31.6 Å². The summed E-state index contributed by atoms with van der Waals surface area (Å²) in [6.07, 6.45) is 2.27. The summed E-state index contributed by atoms with van der Waals surface area (Å²) in [5.41, 5.74) is 4.25. The van der Waals surface area contributed by atoms with Crippen molar-refractivity contribution in [3.05, 3.63) is 34.9 Å². The second-order valence-corrected chi connectivity index (χ2v) is 5.85. The van der Waals surface area contributed by atoms with Crippen LogP contribution in [0.2, 0.25) is 0 Å². The van der Waals surface area contributed by atoms with E-state index in [9.17, 15) is 0 Å². The zero-order valence-corrected chi connectivity index (χ0v) is 13.7. The van der Waals surface area contributed by atoms with Crippen molar-refractivity contribution in [2.75, 3.05) is 21.1 Å². The summed E-state index contributed by atoms with van der Waals surface area (Å²) < 4.78 is 0. The van der Waals surface area contributed by atoms with E-state index in [1.807, 2.05) is 0 Å².